The van der Waals surface area contributed by atoms with E-state index in [1.54, 1.807) is 6.08 Å². The Bertz CT molecular complexity index is 410. The maximum atomic E-state index is 11.8. The molecule has 2 aliphatic rings. The number of ketones is 1. The third-order valence-corrected chi connectivity index (χ3v) is 4.23. The van der Waals surface area contributed by atoms with Gasteiger partial charge in [0.05, 0.1) is 17.9 Å². The maximum Gasteiger partial charge on any atom is 0.315 e. The van der Waals surface area contributed by atoms with Crippen molar-refractivity contribution in [2.24, 2.45) is 16.7 Å². The van der Waals surface area contributed by atoms with Gasteiger partial charge in [0.2, 0.25) is 0 Å². The van der Waals surface area contributed by atoms with Crippen molar-refractivity contribution in [1.29, 1.82) is 0 Å². The Balaban J connectivity index is 2.30. The number of carbonyl (C=O) groups excluding carboxylic acids is 2. The molecule has 0 heterocycles. The number of rotatable bonds is 3. The largest absolute Gasteiger partial charge is 0.468 e. The second-order valence-corrected chi connectivity index (χ2v) is 5.30. The standard InChI is InChI=1S/C14H18O3/c1-4-5-14-7-6-13(2,12(16)17-3)9-10(14)8-11(14)15/h4,6-7,10H,1,5,8-9H2,2-3H3/t10-,13+,14+/m1/s1. The van der Waals surface area contributed by atoms with Crippen LogP contribution >= 0.6 is 0 Å². The molecule has 3 heteroatoms. The molecule has 0 radical (unpaired) electrons. The predicted octanol–water partition coefficient (Wildman–Crippen LogP) is 2.28. The van der Waals surface area contributed by atoms with Crippen LogP contribution in [0.15, 0.2) is 24.8 Å². The third-order valence-electron chi connectivity index (χ3n) is 4.23. The van der Waals surface area contributed by atoms with Gasteiger partial charge in [0.25, 0.3) is 0 Å². The monoisotopic (exact) mass is 234 g/mol. The molecule has 1 fully saturated rings. The molecule has 0 bridgehead atoms. The summed E-state index contributed by atoms with van der Waals surface area (Å²) >= 11 is 0. The summed E-state index contributed by atoms with van der Waals surface area (Å²) in [5.74, 6) is 0.299. The summed E-state index contributed by atoms with van der Waals surface area (Å²) in [5, 5.41) is 0. The Kier molecular flexibility index (Phi) is 2.72. The summed E-state index contributed by atoms with van der Waals surface area (Å²) in [6, 6.07) is 0. The fourth-order valence-electron chi connectivity index (χ4n) is 3.06. The van der Waals surface area contributed by atoms with E-state index in [2.05, 4.69) is 6.58 Å². The molecular weight excluding hydrogens is 216 g/mol. The predicted molar refractivity (Wildman–Crippen MR) is 64.2 cm³/mol. The van der Waals surface area contributed by atoms with E-state index >= 15 is 0 Å². The van der Waals surface area contributed by atoms with Crippen LogP contribution in [0.4, 0.5) is 0 Å². The first-order chi connectivity index (χ1) is 7.98. The van der Waals surface area contributed by atoms with Crippen LogP contribution in [0.1, 0.15) is 26.2 Å². The van der Waals surface area contributed by atoms with E-state index in [0.717, 1.165) is 0 Å². The number of hydrogen-bond donors (Lipinski definition) is 0. The summed E-state index contributed by atoms with van der Waals surface area (Å²) < 4.78 is 4.82. The molecule has 1 saturated carbocycles. The molecule has 0 saturated heterocycles. The summed E-state index contributed by atoms with van der Waals surface area (Å²) in [4.78, 5) is 23.5. The van der Waals surface area contributed by atoms with E-state index in [1.807, 2.05) is 19.1 Å². The molecular formula is C14H18O3. The minimum absolute atomic E-state index is 0.222. The van der Waals surface area contributed by atoms with E-state index in [-0.39, 0.29) is 23.1 Å². The van der Waals surface area contributed by atoms with E-state index in [9.17, 15) is 9.59 Å². The van der Waals surface area contributed by atoms with E-state index in [4.69, 9.17) is 4.74 Å². The van der Waals surface area contributed by atoms with Crippen molar-refractivity contribution in [3.05, 3.63) is 24.8 Å². The summed E-state index contributed by atoms with van der Waals surface area (Å²) in [5.41, 5.74) is -0.958. The van der Waals surface area contributed by atoms with Crippen LogP contribution < -0.4 is 0 Å². The van der Waals surface area contributed by atoms with Gasteiger partial charge in [-0.2, -0.15) is 0 Å². The summed E-state index contributed by atoms with van der Waals surface area (Å²) in [7, 11) is 1.40. The smallest absolute Gasteiger partial charge is 0.315 e. The second kappa shape index (κ2) is 3.83. The van der Waals surface area contributed by atoms with Gasteiger partial charge in [0.1, 0.15) is 5.78 Å². The zero-order chi connectivity index (χ0) is 12.7. The highest BCUT2D eigenvalue weighted by Crippen LogP contribution is 2.56. The summed E-state index contributed by atoms with van der Waals surface area (Å²) in [6.07, 6.45) is 7.47. The molecule has 2 rings (SSSR count). The Hall–Kier alpha value is -1.38. The molecule has 0 aromatic carbocycles. The average molecular weight is 234 g/mol. The van der Waals surface area contributed by atoms with E-state index in [0.29, 0.717) is 19.3 Å². The van der Waals surface area contributed by atoms with Gasteiger partial charge in [-0.25, -0.2) is 0 Å². The number of fused-ring (bicyclic) bond motifs is 1. The first kappa shape index (κ1) is 12.1. The van der Waals surface area contributed by atoms with Crippen LogP contribution in [0.5, 0.6) is 0 Å². The molecule has 3 nitrogen and oxygen atoms in total. The molecule has 0 aromatic heterocycles. The quantitative estimate of drug-likeness (QED) is 0.556. The SMILES string of the molecule is C=CC[C@]12C=C[C@](C)(C(=O)OC)C[C@H]1CC2=O. The number of hydrogen-bond acceptors (Lipinski definition) is 3. The highest BCUT2D eigenvalue weighted by molar-refractivity contribution is 5.95. The van der Waals surface area contributed by atoms with Gasteiger partial charge in [-0.1, -0.05) is 18.2 Å². The highest BCUT2D eigenvalue weighted by atomic mass is 16.5. The Morgan fingerprint density at radius 2 is 2.35 bits per heavy atom. The molecule has 3 atom stereocenters. The molecule has 0 aromatic rings. The van der Waals surface area contributed by atoms with Crippen LogP contribution in [0.3, 0.4) is 0 Å². The van der Waals surface area contributed by atoms with Crippen LogP contribution in [-0.4, -0.2) is 18.9 Å². The minimum Gasteiger partial charge on any atom is -0.468 e. The van der Waals surface area contributed by atoms with Crippen molar-refractivity contribution in [1.82, 2.24) is 0 Å². The molecule has 0 unspecified atom stereocenters. The Morgan fingerprint density at radius 3 is 2.82 bits per heavy atom. The molecule has 0 aliphatic heterocycles. The highest BCUT2D eigenvalue weighted by Gasteiger charge is 2.57. The average Bonchev–Trinajstić information content (AvgIpc) is 2.31. The normalized spacial score (nSPS) is 39.2. The fraction of sp³-hybridized carbons (Fsp3) is 0.571. The number of carbonyl (C=O) groups is 2. The van der Waals surface area contributed by atoms with Crippen LogP contribution in [-0.2, 0) is 14.3 Å². The molecule has 0 N–H and O–H groups in total. The van der Waals surface area contributed by atoms with Gasteiger partial charge < -0.3 is 4.74 Å². The van der Waals surface area contributed by atoms with Crippen molar-refractivity contribution in [3.63, 3.8) is 0 Å². The van der Waals surface area contributed by atoms with Gasteiger partial charge in [0.15, 0.2) is 0 Å². The second-order valence-electron chi connectivity index (χ2n) is 5.30. The maximum absolute atomic E-state index is 11.8. The van der Waals surface area contributed by atoms with Crippen molar-refractivity contribution in [3.8, 4) is 0 Å². The number of allylic oxidation sites excluding steroid dienone is 2. The van der Waals surface area contributed by atoms with Gasteiger partial charge in [0, 0.05) is 6.42 Å². The van der Waals surface area contributed by atoms with E-state index < -0.39 is 5.41 Å². The van der Waals surface area contributed by atoms with Gasteiger partial charge in [-0.15, -0.1) is 6.58 Å². The number of esters is 1. The Morgan fingerprint density at radius 1 is 1.65 bits per heavy atom. The lowest BCUT2D eigenvalue weighted by atomic mass is 9.50. The zero-order valence-electron chi connectivity index (χ0n) is 10.4. The first-order valence-corrected chi connectivity index (χ1v) is 5.91. The number of Topliss-reactive ketones (excluding diaryl/α,β-unsaturated/α-hetero) is 1. The number of methoxy groups -OCH3 is 1. The van der Waals surface area contributed by atoms with Gasteiger partial charge in [-0.3, -0.25) is 9.59 Å². The Labute approximate surface area is 102 Å². The zero-order valence-corrected chi connectivity index (χ0v) is 10.4. The molecule has 92 valence electrons. The topological polar surface area (TPSA) is 43.4 Å². The van der Waals surface area contributed by atoms with Crippen LogP contribution in [0.25, 0.3) is 0 Å². The molecule has 17 heavy (non-hydrogen) atoms. The first-order valence-electron chi connectivity index (χ1n) is 5.91. The molecule has 0 spiro atoms. The lowest BCUT2D eigenvalue weighted by Gasteiger charge is -2.51. The third kappa shape index (κ3) is 1.56. The van der Waals surface area contributed by atoms with Crippen molar-refractivity contribution < 1.29 is 14.3 Å². The van der Waals surface area contributed by atoms with Crippen LogP contribution in [0.2, 0.25) is 0 Å². The van der Waals surface area contributed by atoms with Gasteiger partial charge in [-0.05, 0) is 25.7 Å². The lowest BCUT2D eigenvalue weighted by molar-refractivity contribution is -0.156. The van der Waals surface area contributed by atoms with Crippen molar-refractivity contribution >= 4 is 11.8 Å². The summed E-state index contributed by atoms with van der Waals surface area (Å²) in [6.45, 7) is 5.58. The van der Waals surface area contributed by atoms with Gasteiger partial charge >= 0.3 is 5.97 Å². The fourth-order valence-corrected chi connectivity index (χ4v) is 3.06. The van der Waals surface area contributed by atoms with E-state index in [1.165, 1.54) is 7.11 Å². The lowest BCUT2D eigenvalue weighted by Crippen LogP contribution is -2.53. The number of ether oxygens (including phenoxy) is 1. The van der Waals surface area contributed by atoms with Crippen molar-refractivity contribution in [2.75, 3.05) is 7.11 Å². The van der Waals surface area contributed by atoms with Crippen LogP contribution in [0, 0.1) is 16.7 Å². The molecule has 0 amide bonds. The minimum atomic E-state index is -0.579. The molecule has 2 aliphatic carbocycles. The van der Waals surface area contributed by atoms with Crippen molar-refractivity contribution in [2.45, 2.75) is 26.2 Å².